The number of hydrazone groups is 1. The minimum absolute atomic E-state index is 0.281. The Hall–Kier alpha value is -3.82. The predicted molar refractivity (Wildman–Crippen MR) is 111 cm³/mol. The molecule has 0 saturated carbocycles. The van der Waals surface area contributed by atoms with Crippen molar-refractivity contribution in [2.75, 3.05) is 19.1 Å². The van der Waals surface area contributed by atoms with E-state index in [1.54, 1.807) is 50.2 Å². The zero-order valence-electron chi connectivity index (χ0n) is 16.7. The Balaban J connectivity index is 1.88. The number of nitrogens with zero attached hydrogens (tertiary/aromatic N) is 5. The van der Waals surface area contributed by atoms with Crippen LogP contribution in [-0.2, 0) is 21.1 Å². The topological polar surface area (TPSA) is 105 Å². The van der Waals surface area contributed by atoms with Crippen molar-refractivity contribution >= 4 is 23.3 Å². The number of rotatable bonds is 7. The summed E-state index contributed by atoms with van der Waals surface area (Å²) in [4.78, 5) is 28.8. The summed E-state index contributed by atoms with van der Waals surface area (Å²) in [6.45, 7) is 3.99. The first-order chi connectivity index (χ1) is 13.9. The summed E-state index contributed by atoms with van der Waals surface area (Å²) in [5.41, 5.74) is 3.29. The predicted octanol–water partition coefficient (Wildman–Crippen LogP) is 0.990. The summed E-state index contributed by atoms with van der Waals surface area (Å²) in [5.74, 6) is 1.49. The highest BCUT2D eigenvalue weighted by molar-refractivity contribution is 5.81. The van der Waals surface area contributed by atoms with Crippen molar-refractivity contribution in [1.82, 2.24) is 18.7 Å². The van der Waals surface area contributed by atoms with Gasteiger partial charge in [-0.3, -0.25) is 13.9 Å². The molecule has 152 valence electrons. The fourth-order valence-electron chi connectivity index (χ4n) is 2.82. The molecule has 2 aromatic heterocycles. The average Bonchev–Trinajstić information content (AvgIpc) is 3.06. The van der Waals surface area contributed by atoms with Gasteiger partial charge in [-0.15, -0.1) is 0 Å². The molecule has 0 aliphatic rings. The van der Waals surface area contributed by atoms with Gasteiger partial charge in [0.25, 0.3) is 5.56 Å². The summed E-state index contributed by atoms with van der Waals surface area (Å²) < 4.78 is 14.8. The van der Waals surface area contributed by atoms with E-state index in [4.69, 9.17) is 9.47 Å². The average molecular weight is 398 g/mol. The molecule has 3 aromatic rings. The maximum atomic E-state index is 12.4. The summed E-state index contributed by atoms with van der Waals surface area (Å²) >= 11 is 0. The van der Waals surface area contributed by atoms with Crippen molar-refractivity contribution in [3.05, 3.63) is 57.3 Å². The first-order valence-electron chi connectivity index (χ1n) is 8.72. The van der Waals surface area contributed by atoms with Gasteiger partial charge in [0.1, 0.15) is 6.61 Å². The Morgan fingerprint density at radius 2 is 1.93 bits per heavy atom. The second-order valence-corrected chi connectivity index (χ2v) is 6.25. The molecule has 1 N–H and O–H groups in total. The van der Waals surface area contributed by atoms with Gasteiger partial charge in [0.2, 0.25) is 5.95 Å². The summed E-state index contributed by atoms with van der Waals surface area (Å²) in [7, 11) is 6.22. The summed E-state index contributed by atoms with van der Waals surface area (Å²) in [6, 6.07) is 5.37. The number of fused-ring (bicyclic) bond motifs is 1. The molecule has 29 heavy (non-hydrogen) atoms. The van der Waals surface area contributed by atoms with Crippen molar-refractivity contribution in [3.8, 4) is 11.5 Å². The van der Waals surface area contributed by atoms with E-state index in [2.05, 4.69) is 22.1 Å². The molecule has 3 rings (SSSR count). The number of anilines is 1. The van der Waals surface area contributed by atoms with Gasteiger partial charge in [-0.2, -0.15) is 10.1 Å². The fourth-order valence-corrected chi connectivity index (χ4v) is 2.82. The van der Waals surface area contributed by atoms with Crippen molar-refractivity contribution in [2.24, 2.45) is 26.2 Å². The quantitative estimate of drug-likeness (QED) is 0.362. The third-order valence-corrected chi connectivity index (χ3v) is 4.40. The number of aryl methyl sites for hydroxylation is 2. The minimum atomic E-state index is -0.443. The van der Waals surface area contributed by atoms with Gasteiger partial charge >= 0.3 is 5.69 Å². The molecular weight excluding hydrogens is 376 g/mol. The third kappa shape index (κ3) is 3.64. The first-order valence-corrected chi connectivity index (χ1v) is 8.72. The number of hydrogen-bond acceptors (Lipinski definition) is 7. The zero-order chi connectivity index (χ0) is 21.1. The van der Waals surface area contributed by atoms with E-state index in [-0.39, 0.29) is 5.65 Å². The molecule has 0 spiro atoms. The van der Waals surface area contributed by atoms with Crippen LogP contribution < -0.4 is 26.1 Å². The first kappa shape index (κ1) is 19.9. The van der Waals surface area contributed by atoms with E-state index in [0.717, 1.165) is 10.1 Å². The lowest BCUT2D eigenvalue weighted by molar-refractivity contribution is 0.326. The smallest absolute Gasteiger partial charge is 0.332 e. The number of ether oxygens (including phenoxy) is 2. The lowest BCUT2D eigenvalue weighted by Crippen LogP contribution is -2.37. The second kappa shape index (κ2) is 8.05. The van der Waals surface area contributed by atoms with Gasteiger partial charge in [0.05, 0.1) is 13.3 Å². The van der Waals surface area contributed by atoms with Gasteiger partial charge in [0.15, 0.2) is 22.7 Å². The van der Waals surface area contributed by atoms with E-state index in [1.165, 1.54) is 11.6 Å². The van der Waals surface area contributed by atoms with Gasteiger partial charge in [-0.1, -0.05) is 12.7 Å². The second-order valence-electron chi connectivity index (χ2n) is 6.25. The van der Waals surface area contributed by atoms with Crippen LogP contribution in [-0.4, -0.2) is 38.6 Å². The van der Waals surface area contributed by atoms with Gasteiger partial charge < -0.3 is 14.0 Å². The molecule has 0 radical (unpaired) electrons. The highest BCUT2D eigenvalue weighted by Crippen LogP contribution is 2.27. The lowest BCUT2D eigenvalue weighted by atomic mass is 10.2. The van der Waals surface area contributed by atoms with E-state index in [9.17, 15) is 9.59 Å². The van der Waals surface area contributed by atoms with Crippen molar-refractivity contribution < 1.29 is 9.47 Å². The molecule has 0 unspecified atom stereocenters. The Bertz CT molecular complexity index is 1220. The normalized spacial score (nSPS) is 11.2. The minimum Gasteiger partial charge on any atom is -0.493 e. The Kier molecular flexibility index (Phi) is 5.53. The van der Waals surface area contributed by atoms with E-state index in [1.807, 2.05) is 6.07 Å². The van der Waals surface area contributed by atoms with E-state index in [0.29, 0.717) is 29.6 Å². The number of nitrogens with one attached hydrogen (secondary N) is 1. The highest BCUT2D eigenvalue weighted by Gasteiger charge is 2.16. The molecule has 1 aromatic carbocycles. The number of hydrogen-bond donors (Lipinski definition) is 1. The third-order valence-electron chi connectivity index (χ3n) is 4.40. The van der Waals surface area contributed by atoms with Crippen molar-refractivity contribution in [1.29, 1.82) is 0 Å². The molecule has 0 aliphatic carbocycles. The van der Waals surface area contributed by atoms with Crippen LogP contribution in [0.2, 0.25) is 0 Å². The molecule has 0 aliphatic heterocycles. The monoisotopic (exact) mass is 398 g/mol. The summed E-state index contributed by atoms with van der Waals surface area (Å²) in [5, 5.41) is 4.17. The molecule has 10 nitrogen and oxygen atoms in total. The Morgan fingerprint density at radius 3 is 2.62 bits per heavy atom. The number of aromatic nitrogens is 4. The molecule has 0 atom stereocenters. The maximum Gasteiger partial charge on any atom is 0.332 e. The van der Waals surface area contributed by atoms with Crippen LogP contribution in [0.4, 0.5) is 5.95 Å². The molecule has 0 amide bonds. The molecule has 10 heteroatoms. The highest BCUT2D eigenvalue weighted by atomic mass is 16.5. The van der Waals surface area contributed by atoms with E-state index < -0.39 is 11.2 Å². The SMILES string of the molecule is C=CCOc1ccc(/C=N/Nc2nc3c(c(=O)n(C)c(=O)n3C)n2C)cc1OC. The maximum absolute atomic E-state index is 12.4. The van der Waals surface area contributed by atoms with Crippen LogP contribution in [0.1, 0.15) is 5.56 Å². The largest absolute Gasteiger partial charge is 0.493 e. The zero-order valence-corrected chi connectivity index (χ0v) is 16.7. The van der Waals surface area contributed by atoms with Crippen LogP contribution >= 0.6 is 0 Å². The Labute approximate surface area is 166 Å². The molecule has 0 saturated heterocycles. The van der Waals surface area contributed by atoms with Crippen LogP contribution in [0.5, 0.6) is 11.5 Å². The number of benzene rings is 1. The standard InChI is InChI=1S/C19H22N6O4/c1-6-9-29-13-8-7-12(10-14(13)28-5)11-20-22-18-21-16-15(23(18)2)17(26)25(4)19(27)24(16)3/h6-8,10-11H,1,9H2,2-5H3,(H,21,22)/b20-11+. The fraction of sp³-hybridized carbons (Fsp3) is 0.263. The Morgan fingerprint density at radius 1 is 1.17 bits per heavy atom. The molecule has 2 heterocycles. The van der Waals surface area contributed by atoms with Crippen LogP contribution in [0.25, 0.3) is 11.2 Å². The van der Waals surface area contributed by atoms with Gasteiger partial charge in [0, 0.05) is 21.1 Å². The lowest BCUT2D eigenvalue weighted by Gasteiger charge is -2.09. The van der Waals surface area contributed by atoms with E-state index >= 15 is 0 Å². The van der Waals surface area contributed by atoms with Gasteiger partial charge in [-0.25, -0.2) is 10.2 Å². The van der Waals surface area contributed by atoms with Crippen LogP contribution in [0.3, 0.4) is 0 Å². The molecule has 0 fully saturated rings. The summed E-state index contributed by atoms with van der Waals surface area (Å²) in [6.07, 6.45) is 3.23. The van der Waals surface area contributed by atoms with Crippen molar-refractivity contribution in [3.63, 3.8) is 0 Å². The molecular formula is C19H22N6O4. The number of imidazole rings is 1. The van der Waals surface area contributed by atoms with Crippen LogP contribution in [0.15, 0.2) is 45.5 Å². The van der Waals surface area contributed by atoms with Gasteiger partial charge in [-0.05, 0) is 23.8 Å². The van der Waals surface area contributed by atoms with Crippen molar-refractivity contribution in [2.45, 2.75) is 0 Å². The molecule has 0 bridgehead atoms. The number of methoxy groups -OCH3 is 1. The van der Waals surface area contributed by atoms with Crippen LogP contribution in [0, 0.1) is 0 Å².